The van der Waals surface area contributed by atoms with E-state index in [0.29, 0.717) is 19.1 Å². The minimum absolute atomic E-state index is 0.277. The van der Waals surface area contributed by atoms with Gasteiger partial charge in [-0.25, -0.2) is 9.78 Å². The van der Waals surface area contributed by atoms with Gasteiger partial charge in [0.05, 0.1) is 29.2 Å². The monoisotopic (exact) mass is 252 g/mol. The van der Waals surface area contributed by atoms with E-state index in [-0.39, 0.29) is 6.09 Å². The van der Waals surface area contributed by atoms with E-state index in [1.165, 1.54) is 0 Å². The van der Waals surface area contributed by atoms with Crippen molar-refractivity contribution in [3.8, 4) is 0 Å². The minimum Gasteiger partial charge on any atom is -0.449 e. The van der Waals surface area contributed by atoms with Crippen molar-refractivity contribution in [2.75, 3.05) is 6.61 Å². The first-order valence-electron chi connectivity index (χ1n) is 5.71. The van der Waals surface area contributed by atoms with Crippen molar-refractivity contribution < 1.29 is 9.53 Å². The van der Waals surface area contributed by atoms with E-state index in [1.807, 2.05) is 6.08 Å². The van der Waals surface area contributed by atoms with Gasteiger partial charge in [-0.1, -0.05) is 13.8 Å². The van der Waals surface area contributed by atoms with Gasteiger partial charge in [0.15, 0.2) is 0 Å². The average molecular weight is 252 g/mol. The van der Waals surface area contributed by atoms with Gasteiger partial charge >= 0.3 is 6.09 Å². The van der Waals surface area contributed by atoms with Gasteiger partial charge < -0.3 is 4.74 Å². The lowest BCUT2D eigenvalue weighted by Crippen LogP contribution is -2.28. The van der Waals surface area contributed by atoms with Crippen molar-refractivity contribution in [3.63, 3.8) is 0 Å². The third-order valence-corrected chi connectivity index (χ3v) is 3.39. The highest BCUT2D eigenvalue weighted by molar-refractivity contribution is 7.09. The molecule has 0 atom stereocenters. The van der Waals surface area contributed by atoms with E-state index >= 15 is 0 Å². The number of amides is 1. The van der Waals surface area contributed by atoms with Crippen LogP contribution in [-0.2, 0) is 11.3 Å². The molecule has 1 aromatic heterocycles. The molecular formula is C12H16N2O2S. The summed E-state index contributed by atoms with van der Waals surface area (Å²) in [5, 5.41) is 0. The van der Waals surface area contributed by atoms with Crippen LogP contribution >= 0.6 is 11.3 Å². The maximum atomic E-state index is 11.7. The summed E-state index contributed by atoms with van der Waals surface area (Å²) in [6, 6.07) is 0. The molecule has 0 saturated carbocycles. The molecule has 4 nitrogen and oxygen atoms in total. The number of hydrogen-bond donors (Lipinski definition) is 0. The van der Waals surface area contributed by atoms with Gasteiger partial charge in [-0.15, -0.1) is 11.3 Å². The van der Waals surface area contributed by atoms with E-state index < -0.39 is 0 Å². The number of rotatable bonds is 3. The molecular weight excluding hydrogens is 236 g/mol. The van der Waals surface area contributed by atoms with Crippen molar-refractivity contribution in [2.45, 2.75) is 26.8 Å². The first-order chi connectivity index (χ1) is 8.16. The number of aromatic nitrogens is 1. The molecule has 0 fully saturated rings. The number of thiazole rings is 1. The molecule has 0 bridgehead atoms. The zero-order chi connectivity index (χ0) is 12.3. The molecule has 1 aromatic rings. The summed E-state index contributed by atoms with van der Waals surface area (Å²) in [7, 11) is 0. The summed E-state index contributed by atoms with van der Waals surface area (Å²) in [4.78, 5) is 18.6. The summed E-state index contributed by atoms with van der Waals surface area (Å²) in [5.74, 6) is 0.549. The van der Waals surface area contributed by atoms with Crippen LogP contribution in [-0.4, -0.2) is 22.6 Å². The van der Waals surface area contributed by atoms with E-state index in [0.717, 1.165) is 17.0 Å². The Morgan fingerprint density at radius 2 is 2.47 bits per heavy atom. The SMILES string of the molecule is CC(C)CCOC(=O)N1C=Cc2ncsc2C1. The van der Waals surface area contributed by atoms with Crippen LogP contribution in [0.2, 0.25) is 0 Å². The average Bonchev–Trinajstić information content (AvgIpc) is 2.75. The highest BCUT2D eigenvalue weighted by atomic mass is 32.1. The van der Waals surface area contributed by atoms with Crippen LogP contribution in [0.15, 0.2) is 11.7 Å². The molecule has 0 spiro atoms. The van der Waals surface area contributed by atoms with Gasteiger partial charge in [0.2, 0.25) is 0 Å². The highest BCUT2D eigenvalue weighted by Crippen LogP contribution is 2.22. The van der Waals surface area contributed by atoms with Crippen molar-refractivity contribution in [1.82, 2.24) is 9.88 Å². The Morgan fingerprint density at radius 3 is 3.24 bits per heavy atom. The van der Waals surface area contributed by atoms with Gasteiger partial charge in [0.25, 0.3) is 0 Å². The van der Waals surface area contributed by atoms with Crippen LogP contribution in [0.5, 0.6) is 0 Å². The van der Waals surface area contributed by atoms with Crippen molar-refractivity contribution in [3.05, 3.63) is 22.3 Å². The van der Waals surface area contributed by atoms with Crippen LogP contribution in [0.25, 0.3) is 6.08 Å². The lowest BCUT2D eigenvalue weighted by atomic mass is 10.1. The van der Waals surface area contributed by atoms with Crippen molar-refractivity contribution in [1.29, 1.82) is 0 Å². The Hall–Kier alpha value is -1.36. The van der Waals surface area contributed by atoms with Crippen LogP contribution in [0.1, 0.15) is 30.8 Å². The summed E-state index contributed by atoms with van der Waals surface area (Å²) >= 11 is 1.56. The molecule has 5 heteroatoms. The predicted molar refractivity (Wildman–Crippen MR) is 67.5 cm³/mol. The number of carbonyl (C=O) groups is 1. The van der Waals surface area contributed by atoms with Gasteiger partial charge in [-0.2, -0.15) is 0 Å². The van der Waals surface area contributed by atoms with Crippen LogP contribution < -0.4 is 0 Å². The molecule has 2 rings (SSSR count). The molecule has 1 aliphatic heterocycles. The normalized spacial score (nSPS) is 13.9. The molecule has 1 aliphatic rings. The van der Waals surface area contributed by atoms with Crippen molar-refractivity contribution >= 4 is 23.5 Å². The van der Waals surface area contributed by atoms with Gasteiger partial charge in [-0.05, 0) is 18.4 Å². The number of nitrogens with zero attached hydrogens (tertiary/aromatic N) is 2. The Balaban J connectivity index is 1.86. The maximum Gasteiger partial charge on any atom is 0.414 e. The third kappa shape index (κ3) is 3.06. The molecule has 0 unspecified atom stereocenters. The van der Waals surface area contributed by atoms with E-state index in [2.05, 4.69) is 18.8 Å². The Bertz CT molecular complexity index is 426. The molecule has 0 radical (unpaired) electrons. The summed E-state index contributed by atoms with van der Waals surface area (Å²) in [6.45, 7) is 5.27. The van der Waals surface area contributed by atoms with Gasteiger partial charge in [0.1, 0.15) is 0 Å². The van der Waals surface area contributed by atoms with Gasteiger partial charge in [0, 0.05) is 6.20 Å². The van der Waals surface area contributed by atoms with Crippen molar-refractivity contribution in [2.24, 2.45) is 5.92 Å². The molecule has 0 aliphatic carbocycles. The zero-order valence-corrected chi connectivity index (χ0v) is 10.9. The second kappa shape index (κ2) is 5.31. The van der Waals surface area contributed by atoms with Crippen LogP contribution in [0.4, 0.5) is 4.79 Å². The second-order valence-electron chi connectivity index (χ2n) is 4.40. The molecule has 92 valence electrons. The second-order valence-corrected chi connectivity index (χ2v) is 5.34. The molecule has 1 amide bonds. The number of ether oxygens (including phenoxy) is 1. The zero-order valence-electron chi connectivity index (χ0n) is 10.0. The van der Waals surface area contributed by atoms with E-state index in [9.17, 15) is 4.79 Å². The number of hydrogen-bond acceptors (Lipinski definition) is 4. The molecule has 0 saturated heterocycles. The minimum atomic E-state index is -0.277. The molecule has 0 N–H and O–H groups in total. The van der Waals surface area contributed by atoms with E-state index in [1.54, 1.807) is 27.9 Å². The van der Waals surface area contributed by atoms with Gasteiger partial charge in [-0.3, -0.25) is 4.90 Å². The lowest BCUT2D eigenvalue weighted by Gasteiger charge is -2.20. The molecule has 2 heterocycles. The molecule has 17 heavy (non-hydrogen) atoms. The summed E-state index contributed by atoms with van der Waals surface area (Å²) in [5.41, 5.74) is 2.75. The summed E-state index contributed by atoms with van der Waals surface area (Å²) < 4.78 is 5.20. The predicted octanol–water partition coefficient (Wildman–Crippen LogP) is 3.11. The Morgan fingerprint density at radius 1 is 1.65 bits per heavy atom. The number of fused-ring (bicyclic) bond motifs is 1. The standard InChI is InChI=1S/C12H16N2O2S/c1-9(2)4-6-16-12(15)14-5-3-10-11(7-14)17-8-13-10/h3,5,8-9H,4,6-7H2,1-2H3. The fourth-order valence-corrected chi connectivity index (χ4v) is 2.24. The Kier molecular flexibility index (Phi) is 3.78. The smallest absolute Gasteiger partial charge is 0.414 e. The fourth-order valence-electron chi connectivity index (χ4n) is 1.49. The quantitative estimate of drug-likeness (QED) is 0.830. The molecule has 0 aromatic carbocycles. The Labute approximate surface area is 105 Å². The summed E-state index contributed by atoms with van der Waals surface area (Å²) in [6.07, 6.45) is 4.20. The fraction of sp³-hybridized carbons (Fsp3) is 0.500. The number of carbonyl (C=O) groups excluding carboxylic acids is 1. The largest absolute Gasteiger partial charge is 0.449 e. The third-order valence-electron chi connectivity index (χ3n) is 2.55. The highest BCUT2D eigenvalue weighted by Gasteiger charge is 2.19. The topological polar surface area (TPSA) is 42.4 Å². The van der Waals surface area contributed by atoms with E-state index in [4.69, 9.17) is 4.74 Å². The van der Waals surface area contributed by atoms with Crippen LogP contribution in [0.3, 0.4) is 0 Å². The van der Waals surface area contributed by atoms with Crippen LogP contribution in [0, 0.1) is 5.92 Å². The lowest BCUT2D eigenvalue weighted by molar-refractivity contribution is 0.110. The maximum absolute atomic E-state index is 11.7. The first-order valence-corrected chi connectivity index (χ1v) is 6.58. The first kappa shape index (κ1) is 12.1.